The summed E-state index contributed by atoms with van der Waals surface area (Å²) in [5.74, 6) is 0. The van der Waals surface area contributed by atoms with Crippen LogP contribution in [-0.4, -0.2) is 14.6 Å². The molecule has 0 bridgehead atoms. The van der Waals surface area contributed by atoms with Crippen LogP contribution in [0.5, 0.6) is 0 Å². The second kappa shape index (κ2) is 6.39. The second-order valence-corrected chi connectivity index (χ2v) is 6.45. The molecule has 0 fully saturated rings. The second-order valence-electron chi connectivity index (χ2n) is 5.41. The van der Waals surface area contributed by atoms with Gasteiger partial charge in [0.1, 0.15) is 5.01 Å². The first-order valence-electron chi connectivity index (χ1n) is 7.70. The van der Waals surface area contributed by atoms with E-state index in [0.29, 0.717) is 0 Å². The lowest BCUT2D eigenvalue weighted by Crippen LogP contribution is -1.92. The molecule has 21 heavy (non-hydrogen) atoms. The van der Waals surface area contributed by atoms with Crippen molar-refractivity contribution < 1.29 is 0 Å². The van der Waals surface area contributed by atoms with Gasteiger partial charge in [0.25, 0.3) is 0 Å². The van der Waals surface area contributed by atoms with Crippen LogP contribution in [0.4, 0.5) is 0 Å². The molecule has 0 saturated heterocycles. The monoisotopic (exact) mass is 299 g/mol. The van der Waals surface area contributed by atoms with Gasteiger partial charge < -0.3 is 0 Å². The molecule has 0 aliphatic rings. The van der Waals surface area contributed by atoms with E-state index in [0.717, 1.165) is 28.3 Å². The van der Waals surface area contributed by atoms with Crippen molar-refractivity contribution >= 4 is 16.3 Å². The Kier molecular flexibility index (Phi) is 4.34. The van der Waals surface area contributed by atoms with Crippen molar-refractivity contribution in [3.63, 3.8) is 0 Å². The normalized spacial score (nSPS) is 11.3. The number of nitrogens with zero attached hydrogens (tertiary/aromatic N) is 3. The lowest BCUT2D eigenvalue weighted by molar-refractivity contribution is 0.660. The molecule has 0 aliphatic carbocycles. The van der Waals surface area contributed by atoms with E-state index in [1.165, 1.54) is 30.7 Å². The molecule has 0 atom stereocenters. The van der Waals surface area contributed by atoms with E-state index in [4.69, 9.17) is 10.1 Å². The summed E-state index contributed by atoms with van der Waals surface area (Å²) in [4.78, 5) is 5.78. The van der Waals surface area contributed by atoms with Crippen molar-refractivity contribution in [3.05, 3.63) is 41.0 Å². The Hall–Kier alpha value is -1.68. The van der Waals surface area contributed by atoms with Gasteiger partial charge in [-0.25, -0.2) is 9.50 Å². The molecule has 0 aliphatic heterocycles. The summed E-state index contributed by atoms with van der Waals surface area (Å²) in [5.41, 5.74) is 3.34. The molecule has 4 heteroatoms. The van der Waals surface area contributed by atoms with Gasteiger partial charge in [-0.2, -0.15) is 5.10 Å². The molecule has 2 heterocycles. The molecule has 3 rings (SSSR count). The summed E-state index contributed by atoms with van der Waals surface area (Å²) < 4.78 is 2.00. The van der Waals surface area contributed by atoms with Crippen molar-refractivity contribution in [3.8, 4) is 11.3 Å². The fraction of sp³-hybridized carbons (Fsp3) is 0.412. The van der Waals surface area contributed by atoms with E-state index in [-0.39, 0.29) is 0 Å². The minimum atomic E-state index is 1.01. The molecule has 2 aromatic heterocycles. The predicted molar refractivity (Wildman–Crippen MR) is 88.9 cm³/mol. The van der Waals surface area contributed by atoms with E-state index in [1.54, 1.807) is 11.3 Å². The lowest BCUT2D eigenvalue weighted by atomic mass is 10.1. The number of hydrogen-bond donors (Lipinski definition) is 0. The average Bonchev–Trinajstić information content (AvgIpc) is 3.04. The van der Waals surface area contributed by atoms with Crippen molar-refractivity contribution in [2.45, 2.75) is 46.0 Å². The number of rotatable bonds is 6. The maximum Gasteiger partial charge on any atom is 0.212 e. The molecular weight excluding hydrogens is 278 g/mol. The summed E-state index contributed by atoms with van der Waals surface area (Å²) in [6.45, 7) is 4.34. The molecule has 0 saturated carbocycles. The molecule has 0 amide bonds. The highest BCUT2D eigenvalue weighted by Crippen LogP contribution is 2.26. The Bertz CT molecular complexity index is 712. The number of hydrogen-bond acceptors (Lipinski definition) is 3. The van der Waals surface area contributed by atoms with Crippen LogP contribution in [-0.2, 0) is 6.42 Å². The van der Waals surface area contributed by atoms with Crippen LogP contribution >= 0.6 is 11.3 Å². The first kappa shape index (κ1) is 14.3. The number of imidazole rings is 1. The summed E-state index contributed by atoms with van der Waals surface area (Å²) >= 11 is 1.73. The number of fused-ring (bicyclic) bond motifs is 1. The fourth-order valence-electron chi connectivity index (χ4n) is 2.56. The third kappa shape index (κ3) is 3.00. The Morgan fingerprint density at radius 1 is 1.10 bits per heavy atom. The van der Waals surface area contributed by atoms with E-state index in [2.05, 4.69) is 38.1 Å². The standard InChI is InChI=1S/C17H21N3S/c1-3-4-5-9-12-15-19-20-13(2)16(18-17(20)21-15)14-10-7-6-8-11-14/h6-8,10-11H,3-5,9,12H2,1-2H3. The Morgan fingerprint density at radius 2 is 1.90 bits per heavy atom. The zero-order chi connectivity index (χ0) is 14.7. The highest BCUT2D eigenvalue weighted by Gasteiger charge is 2.14. The molecule has 1 aromatic carbocycles. The molecule has 3 aromatic rings. The van der Waals surface area contributed by atoms with Gasteiger partial charge in [-0.05, 0) is 13.3 Å². The fourth-order valence-corrected chi connectivity index (χ4v) is 3.54. The van der Waals surface area contributed by atoms with Crippen LogP contribution in [0.2, 0.25) is 0 Å². The third-order valence-electron chi connectivity index (χ3n) is 3.76. The van der Waals surface area contributed by atoms with Crippen molar-refractivity contribution in [2.75, 3.05) is 0 Å². The van der Waals surface area contributed by atoms with E-state index in [9.17, 15) is 0 Å². The van der Waals surface area contributed by atoms with Crippen LogP contribution in [0.1, 0.15) is 43.3 Å². The summed E-state index contributed by atoms with van der Waals surface area (Å²) in [6, 6.07) is 10.3. The third-order valence-corrected chi connectivity index (χ3v) is 4.73. The Labute approximate surface area is 129 Å². The van der Waals surface area contributed by atoms with Crippen LogP contribution < -0.4 is 0 Å². The van der Waals surface area contributed by atoms with Gasteiger partial charge in [0.15, 0.2) is 0 Å². The van der Waals surface area contributed by atoms with Gasteiger partial charge in [0.05, 0.1) is 11.4 Å². The van der Waals surface area contributed by atoms with Crippen LogP contribution in [0.25, 0.3) is 16.2 Å². The van der Waals surface area contributed by atoms with Gasteiger partial charge >= 0.3 is 0 Å². The summed E-state index contributed by atoms with van der Waals surface area (Å²) in [7, 11) is 0. The molecule has 0 spiro atoms. The number of unbranched alkanes of at least 4 members (excludes halogenated alkanes) is 3. The zero-order valence-electron chi connectivity index (χ0n) is 12.7. The lowest BCUT2D eigenvalue weighted by Gasteiger charge is -1.98. The minimum Gasteiger partial charge on any atom is -0.217 e. The van der Waals surface area contributed by atoms with E-state index < -0.39 is 0 Å². The predicted octanol–water partition coefficient (Wildman–Crippen LogP) is 4.89. The van der Waals surface area contributed by atoms with Crippen molar-refractivity contribution in [1.29, 1.82) is 0 Å². The van der Waals surface area contributed by atoms with E-state index in [1.807, 2.05) is 10.6 Å². The SMILES string of the molecule is CCCCCCc1nn2c(C)c(-c3ccccc3)nc2s1. The minimum absolute atomic E-state index is 1.01. The average molecular weight is 299 g/mol. The highest BCUT2D eigenvalue weighted by atomic mass is 32.1. The van der Waals surface area contributed by atoms with Gasteiger partial charge in [-0.3, -0.25) is 0 Å². The van der Waals surface area contributed by atoms with Crippen molar-refractivity contribution in [1.82, 2.24) is 14.6 Å². The zero-order valence-corrected chi connectivity index (χ0v) is 13.5. The Balaban J connectivity index is 1.81. The quantitative estimate of drug-likeness (QED) is 0.607. The maximum absolute atomic E-state index is 4.77. The topological polar surface area (TPSA) is 30.2 Å². The Morgan fingerprint density at radius 3 is 2.62 bits per heavy atom. The van der Waals surface area contributed by atoms with Crippen molar-refractivity contribution in [2.24, 2.45) is 0 Å². The largest absolute Gasteiger partial charge is 0.217 e. The highest BCUT2D eigenvalue weighted by molar-refractivity contribution is 7.16. The molecule has 0 unspecified atom stereocenters. The first-order chi connectivity index (χ1) is 10.3. The number of aryl methyl sites for hydroxylation is 2. The maximum atomic E-state index is 4.77. The molecular formula is C17H21N3S. The van der Waals surface area contributed by atoms with Crippen LogP contribution in [0.3, 0.4) is 0 Å². The van der Waals surface area contributed by atoms with Gasteiger partial charge in [-0.15, -0.1) is 0 Å². The molecule has 0 radical (unpaired) electrons. The number of benzene rings is 1. The molecule has 0 N–H and O–H groups in total. The van der Waals surface area contributed by atoms with E-state index >= 15 is 0 Å². The van der Waals surface area contributed by atoms with Crippen LogP contribution in [0, 0.1) is 6.92 Å². The summed E-state index contributed by atoms with van der Waals surface area (Å²) in [5, 5.41) is 5.93. The summed E-state index contributed by atoms with van der Waals surface area (Å²) in [6.07, 6.45) is 6.20. The van der Waals surface area contributed by atoms with Gasteiger partial charge in [-0.1, -0.05) is 67.9 Å². The number of aromatic nitrogens is 3. The van der Waals surface area contributed by atoms with Gasteiger partial charge in [0.2, 0.25) is 4.96 Å². The smallest absolute Gasteiger partial charge is 0.212 e. The molecule has 3 nitrogen and oxygen atoms in total. The molecule has 110 valence electrons. The van der Waals surface area contributed by atoms with Crippen LogP contribution in [0.15, 0.2) is 30.3 Å². The van der Waals surface area contributed by atoms with Gasteiger partial charge in [0, 0.05) is 12.0 Å². The first-order valence-corrected chi connectivity index (χ1v) is 8.51.